The first kappa shape index (κ1) is 12.7. The lowest BCUT2D eigenvalue weighted by molar-refractivity contribution is 0.112. The van der Waals surface area contributed by atoms with Crippen molar-refractivity contribution in [2.45, 2.75) is 12.5 Å². The van der Waals surface area contributed by atoms with Crippen molar-refractivity contribution >= 4 is 12.0 Å². The largest absolute Gasteiger partial charge is 0.493 e. The number of β-amino-alcohol motifs (C(OH)–C–C–N with tert-alkyl or cyclic N) is 1. The van der Waals surface area contributed by atoms with Crippen LogP contribution in [0.1, 0.15) is 16.8 Å². The van der Waals surface area contributed by atoms with E-state index in [1.54, 1.807) is 19.2 Å². The summed E-state index contributed by atoms with van der Waals surface area (Å²) in [6, 6.07) is 3.44. The van der Waals surface area contributed by atoms with E-state index in [1.165, 1.54) is 7.11 Å². The second kappa shape index (κ2) is 5.27. The van der Waals surface area contributed by atoms with Gasteiger partial charge in [-0.05, 0) is 12.5 Å². The van der Waals surface area contributed by atoms with E-state index in [1.807, 2.05) is 4.90 Å². The number of carbonyl (C=O) groups is 1. The Labute approximate surface area is 106 Å². The van der Waals surface area contributed by atoms with Gasteiger partial charge in [0.15, 0.2) is 17.8 Å². The van der Waals surface area contributed by atoms with Gasteiger partial charge in [-0.1, -0.05) is 0 Å². The van der Waals surface area contributed by atoms with Crippen molar-refractivity contribution in [3.05, 3.63) is 17.7 Å². The molecule has 1 N–H and O–H groups in total. The first-order valence-electron chi connectivity index (χ1n) is 5.83. The molecule has 1 heterocycles. The van der Waals surface area contributed by atoms with E-state index in [2.05, 4.69) is 0 Å². The molecular weight excluding hydrogens is 234 g/mol. The number of benzene rings is 1. The van der Waals surface area contributed by atoms with Crippen LogP contribution < -0.4 is 14.4 Å². The highest BCUT2D eigenvalue weighted by molar-refractivity contribution is 5.86. The molecule has 5 heteroatoms. The number of aliphatic hydroxyl groups excluding tert-OH is 1. The molecule has 0 radical (unpaired) electrons. The van der Waals surface area contributed by atoms with Crippen LogP contribution in [0.25, 0.3) is 0 Å². The molecule has 2 rings (SSSR count). The van der Waals surface area contributed by atoms with Crippen LogP contribution in [0.5, 0.6) is 11.5 Å². The summed E-state index contributed by atoms with van der Waals surface area (Å²) in [4.78, 5) is 13.1. The van der Waals surface area contributed by atoms with Crippen LogP contribution in [0.4, 0.5) is 5.69 Å². The van der Waals surface area contributed by atoms with Gasteiger partial charge in [0.25, 0.3) is 0 Å². The van der Waals surface area contributed by atoms with Gasteiger partial charge < -0.3 is 19.5 Å². The van der Waals surface area contributed by atoms with Crippen LogP contribution >= 0.6 is 0 Å². The van der Waals surface area contributed by atoms with Crippen LogP contribution in [-0.4, -0.2) is 44.8 Å². The zero-order valence-corrected chi connectivity index (χ0v) is 10.5. The number of rotatable bonds is 4. The lowest BCUT2D eigenvalue weighted by Gasteiger charge is -2.21. The summed E-state index contributed by atoms with van der Waals surface area (Å²) in [7, 11) is 3.09. The number of ether oxygens (including phenoxy) is 2. The molecule has 0 saturated carbocycles. The summed E-state index contributed by atoms with van der Waals surface area (Å²) in [6.07, 6.45) is 1.17. The molecule has 1 fully saturated rings. The smallest absolute Gasteiger partial charge is 0.162 e. The van der Waals surface area contributed by atoms with Gasteiger partial charge >= 0.3 is 0 Å². The van der Waals surface area contributed by atoms with Gasteiger partial charge in [0.1, 0.15) is 0 Å². The number of carbonyl (C=O) groups excluding carboxylic acids is 1. The molecule has 98 valence electrons. The fourth-order valence-corrected chi connectivity index (χ4v) is 2.21. The molecule has 1 aromatic carbocycles. The minimum absolute atomic E-state index is 0.336. The van der Waals surface area contributed by atoms with Crippen LogP contribution in [-0.2, 0) is 0 Å². The highest BCUT2D eigenvalue weighted by atomic mass is 16.5. The Bertz CT molecular complexity index is 447. The van der Waals surface area contributed by atoms with E-state index in [-0.39, 0.29) is 6.10 Å². The lowest BCUT2D eigenvalue weighted by atomic mass is 10.1. The number of aldehydes is 1. The molecule has 0 aliphatic carbocycles. The van der Waals surface area contributed by atoms with Gasteiger partial charge in [0.05, 0.1) is 26.0 Å². The number of aliphatic hydroxyl groups is 1. The fourth-order valence-electron chi connectivity index (χ4n) is 2.21. The van der Waals surface area contributed by atoms with E-state index in [0.29, 0.717) is 30.0 Å². The van der Waals surface area contributed by atoms with Gasteiger partial charge in [-0.3, -0.25) is 4.79 Å². The van der Waals surface area contributed by atoms with Crippen molar-refractivity contribution in [3.63, 3.8) is 0 Å². The zero-order chi connectivity index (χ0) is 13.1. The van der Waals surface area contributed by atoms with Crippen molar-refractivity contribution in [1.82, 2.24) is 0 Å². The highest BCUT2D eigenvalue weighted by Gasteiger charge is 2.23. The highest BCUT2D eigenvalue weighted by Crippen LogP contribution is 2.35. The summed E-state index contributed by atoms with van der Waals surface area (Å²) in [5, 5.41) is 9.57. The quantitative estimate of drug-likeness (QED) is 0.812. The molecule has 1 aliphatic rings. The van der Waals surface area contributed by atoms with E-state index in [0.717, 1.165) is 18.5 Å². The third-order valence-electron chi connectivity index (χ3n) is 3.16. The topological polar surface area (TPSA) is 59.0 Å². The maximum atomic E-state index is 11.1. The molecule has 1 aliphatic heterocycles. The third kappa shape index (κ3) is 2.26. The molecule has 1 unspecified atom stereocenters. The predicted octanol–water partition coefficient (Wildman–Crippen LogP) is 1.09. The lowest BCUT2D eigenvalue weighted by Crippen LogP contribution is -2.22. The van der Waals surface area contributed by atoms with Crippen molar-refractivity contribution in [1.29, 1.82) is 0 Å². The summed E-state index contributed by atoms with van der Waals surface area (Å²) >= 11 is 0. The maximum Gasteiger partial charge on any atom is 0.162 e. The molecule has 1 atom stereocenters. The molecular formula is C13H17NO4. The second-order valence-corrected chi connectivity index (χ2v) is 4.27. The molecule has 5 nitrogen and oxygen atoms in total. The van der Waals surface area contributed by atoms with E-state index >= 15 is 0 Å². The van der Waals surface area contributed by atoms with Crippen molar-refractivity contribution in [2.24, 2.45) is 0 Å². The Morgan fingerprint density at radius 2 is 2.00 bits per heavy atom. The summed E-state index contributed by atoms with van der Waals surface area (Å²) in [6.45, 7) is 1.27. The van der Waals surface area contributed by atoms with Gasteiger partial charge in [-0.2, -0.15) is 0 Å². The van der Waals surface area contributed by atoms with Crippen molar-refractivity contribution in [2.75, 3.05) is 32.2 Å². The van der Waals surface area contributed by atoms with Gasteiger partial charge in [-0.15, -0.1) is 0 Å². The molecule has 1 aromatic rings. The average Bonchev–Trinajstić information content (AvgIpc) is 2.83. The Morgan fingerprint density at radius 3 is 2.50 bits per heavy atom. The molecule has 0 bridgehead atoms. The van der Waals surface area contributed by atoms with Crippen LogP contribution in [0.15, 0.2) is 12.1 Å². The SMILES string of the molecule is COc1cc(C=O)c(N2CCC(O)C2)cc1OC. The van der Waals surface area contributed by atoms with Crippen molar-refractivity contribution in [3.8, 4) is 11.5 Å². The third-order valence-corrected chi connectivity index (χ3v) is 3.16. The number of nitrogens with zero attached hydrogens (tertiary/aromatic N) is 1. The first-order valence-corrected chi connectivity index (χ1v) is 5.83. The molecule has 18 heavy (non-hydrogen) atoms. The number of hydrogen-bond donors (Lipinski definition) is 1. The summed E-state index contributed by atoms with van der Waals surface area (Å²) < 4.78 is 10.4. The normalized spacial score (nSPS) is 18.8. The predicted molar refractivity (Wildman–Crippen MR) is 67.8 cm³/mol. The van der Waals surface area contributed by atoms with Crippen LogP contribution in [0, 0.1) is 0 Å². The fraction of sp³-hybridized carbons (Fsp3) is 0.462. The molecule has 1 saturated heterocycles. The minimum atomic E-state index is -0.336. The summed E-state index contributed by atoms with van der Waals surface area (Å²) in [5.74, 6) is 1.11. The standard InChI is InChI=1S/C13H17NO4/c1-17-12-5-9(8-15)11(6-13(12)18-2)14-4-3-10(16)7-14/h5-6,8,10,16H,3-4,7H2,1-2H3. The Hall–Kier alpha value is -1.75. The second-order valence-electron chi connectivity index (χ2n) is 4.27. The number of hydrogen-bond acceptors (Lipinski definition) is 5. The molecule has 0 spiro atoms. The van der Waals surface area contributed by atoms with Crippen LogP contribution in [0.3, 0.4) is 0 Å². The van der Waals surface area contributed by atoms with E-state index < -0.39 is 0 Å². The van der Waals surface area contributed by atoms with E-state index in [4.69, 9.17) is 9.47 Å². The average molecular weight is 251 g/mol. The van der Waals surface area contributed by atoms with Gasteiger partial charge in [-0.25, -0.2) is 0 Å². The number of anilines is 1. The van der Waals surface area contributed by atoms with Gasteiger partial charge in [0.2, 0.25) is 0 Å². The Kier molecular flexibility index (Phi) is 3.72. The number of methoxy groups -OCH3 is 2. The molecule has 0 amide bonds. The monoisotopic (exact) mass is 251 g/mol. The zero-order valence-electron chi connectivity index (χ0n) is 10.5. The maximum absolute atomic E-state index is 11.1. The van der Waals surface area contributed by atoms with E-state index in [9.17, 15) is 9.90 Å². The Balaban J connectivity index is 2.42. The summed E-state index contributed by atoms with van der Waals surface area (Å²) in [5.41, 5.74) is 1.32. The first-order chi connectivity index (χ1) is 8.69. The Morgan fingerprint density at radius 1 is 1.33 bits per heavy atom. The van der Waals surface area contributed by atoms with Gasteiger partial charge in [0, 0.05) is 24.7 Å². The minimum Gasteiger partial charge on any atom is -0.493 e. The molecule has 0 aromatic heterocycles. The van der Waals surface area contributed by atoms with Crippen molar-refractivity contribution < 1.29 is 19.4 Å². The van der Waals surface area contributed by atoms with Crippen LogP contribution in [0.2, 0.25) is 0 Å².